The Bertz CT molecular complexity index is 301. The van der Waals surface area contributed by atoms with E-state index < -0.39 is 12.1 Å². The molecule has 1 N–H and O–H groups in total. The molecular weight excluding hydrogens is 236 g/mol. The molecular formula is C13H22O5. The Morgan fingerprint density at radius 1 is 1.50 bits per heavy atom. The summed E-state index contributed by atoms with van der Waals surface area (Å²) in [7, 11) is 0. The summed E-state index contributed by atoms with van der Waals surface area (Å²) >= 11 is 0. The molecule has 0 amide bonds. The largest absolute Gasteiger partial charge is 0.478 e. The first-order valence-corrected chi connectivity index (χ1v) is 6.09. The van der Waals surface area contributed by atoms with Gasteiger partial charge in [0.15, 0.2) is 6.29 Å². The van der Waals surface area contributed by atoms with Gasteiger partial charge < -0.3 is 19.3 Å². The van der Waals surface area contributed by atoms with Crippen LogP contribution >= 0.6 is 0 Å². The van der Waals surface area contributed by atoms with E-state index in [2.05, 4.69) is 20.4 Å². The Labute approximate surface area is 108 Å². The van der Waals surface area contributed by atoms with Crippen molar-refractivity contribution < 1.29 is 24.1 Å². The Balaban J connectivity index is 2.19. The minimum Gasteiger partial charge on any atom is -0.478 e. The number of carboxylic acid groups (broad SMARTS) is 1. The highest BCUT2D eigenvalue weighted by Crippen LogP contribution is 2.24. The van der Waals surface area contributed by atoms with Gasteiger partial charge in [-0.2, -0.15) is 0 Å². The van der Waals surface area contributed by atoms with Crippen molar-refractivity contribution in [3.8, 4) is 0 Å². The van der Waals surface area contributed by atoms with Gasteiger partial charge in [-0.3, -0.25) is 0 Å². The predicted octanol–water partition coefficient (Wildman–Crippen LogP) is 1.82. The summed E-state index contributed by atoms with van der Waals surface area (Å²) in [6, 6.07) is 0. The molecule has 1 saturated heterocycles. The minimum absolute atomic E-state index is 0.0571. The van der Waals surface area contributed by atoms with E-state index in [1.807, 2.05) is 0 Å². The number of carboxylic acids is 1. The normalized spacial score (nSPS) is 21.5. The van der Waals surface area contributed by atoms with E-state index in [1.54, 1.807) is 6.92 Å². The first-order chi connectivity index (χ1) is 8.32. The van der Waals surface area contributed by atoms with Gasteiger partial charge in [-0.15, -0.1) is 0 Å². The number of ether oxygens (including phenoxy) is 3. The zero-order valence-electron chi connectivity index (χ0n) is 11.3. The lowest BCUT2D eigenvalue weighted by Crippen LogP contribution is -2.38. The van der Waals surface area contributed by atoms with Crippen LogP contribution in [-0.2, 0) is 19.0 Å². The molecule has 1 heterocycles. The molecule has 1 rings (SSSR count). The van der Waals surface area contributed by atoms with E-state index >= 15 is 0 Å². The fourth-order valence-electron chi connectivity index (χ4n) is 1.51. The van der Waals surface area contributed by atoms with Crippen LogP contribution in [0, 0.1) is 5.41 Å². The molecule has 0 radical (unpaired) electrons. The molecule has 0 aliphatic carbocycles. The average molecular weight is 258 g/mol. The molecule has 1 fully saturated rings. The summed E-state index contributed by atoms with van der Waals surface area (Å²) < 4.78 is 16.5. The second kappa shape index (κ2) is 6.31. The Morgan fingerprint density at radius 2 is 2.06 bits per heavy atom. The molecule has 104 valence electrons. The van der Waals surface area contributed by atoms with Crippen molar-refractivity contribution in [2.75, 3.05) is 19.8 Å². The number of rotatable bonds is 6. The van der Waals surface area contributed by atoms with Crippen molar-refractivity contribution in [2.24, 2.45) is 5.41 Å². The molecule has 0 aromatic rings. The zero-order chi connectivity index (χ0) is 13.8. The average Bonchev–Trinajstić information content (AvgIpc) is 2.30. The van der Waals surface area contributed by atoms with Crippen molar-refractivity contribution in [1.82, 2.24) is 0 Å². The predicted molar refractivity (Wildman–Crippen MR) is 66.3 cm³/mol. The van der Waals surface area contributed by atoms with Gasteiger partial charge in [0.2, 0.25) is 0 Å². The van der Waals surface area contributed by atoms with Crippen molar-refractivity contribution in [3.05, 3.63) is 12.2 Å². The van der Waals surface area contributed by atoms with Gasteiger partial charge in [-0.1, -0.05) is 20.4 Å². The summed E-state index contributed by atoms with van der Waals surface area (Å²) in [6.07, 6.45) is -0.168. The van der Waals surface area contributed by atoms with Crippen LogP contribution in [0.25, 0.3) is 0 Å². The minimum atomic E-state index is -1.03. The van der Waals surface area contributed by atoms with Gasteiger partial charge in [-0.05, 0) is 6.92 Å². The van der Waals surface area contributed by atoms with E-state index in [0.717, 1.165) is 0 Å². The maximum Gasteiger partial charge on any atom is 0.333 e. The van der Waals surface area contributed by atoms with Crippen LogP contribution in [-0.4, -0.2) is 43.3 Å². The van der Waals surface area contributed by atoms with Gasteiger partial charge in [0, 0.05) is 11.8 Å². The van der Waals surface area contributed by atoms with Gasteiger partial charge in [0.1, 0.15) is 0 Å². The Kier molecular flexibility index (Phi) is 5.31. The van der Waals surface area contributed by atoms with Crippen LogP contribution in [0.1, 0.15) is 27.2 Å². The molecule has 0 aromatic carbocycles. The molecule has 18 heavy (non-hydrogen) atoms. The third-order valence-corrected chi connectivity index (χ3v) is 2.81. The Morgan fingerprint density at radius 3 is 2.56 bits per heavy atom. The zero-order valence-corrected chi connectivity index (χ0v) is 11.3. The third-order valence-electron chi connectivity index (χ3n) is 2.81. The molecule has 0 spiro atoms. The highest BCUT2D eigenvalue weighted by atomic mass is 16.7. The second-order valence-electron chi connectivity index (χ2n) is 5.35. The summed E-state index contributed by atoms with van der Waals surface area (Å²) in [5.74, 6) is -1.03. The maximum atomic E-state index is 10.6. The molecule has 5 heteroatoms. The molecule has 5 nitrogen and oxygen atoms in total. The molecule has 0 saturated carbocycles. The number of hydrogen-bond donors (Lipinski definition) is 1. The smallest absolute Gasteiger partial charge is 0.333 e. The highest BCUT2D eigenvalue weighted by Gasteiger charge is 2.28. The molecule has 1 aliphatic rings. The van der Waals surface area contributed by atoms with Crippen LogP contribution in [0.5, 0.6) is 0 Å². The topological polar surface area (TPSA) is 65.0 Å². The van der Waals surface area contributed by atoms with Crippen LogP contribution < -0.4 is 0 Å². The van der Waals surface area contributed by atoms with Gasteiger partial charge in [-0.25, -0.2) is 4.79 Å². The third kappa shape index (κ3) is 4.76. The lowest BCUT2D eigenvalue weighted by atomic mass is 9.95. The first kappa shape index (κ1) is 15.1. The Hall–Kier alpha value is -0.910. The van der Waals surface area contributed by atoms with Gasteiger partial charge in [0.05, 0.1) is 31.5 Å². The SMILES string of the molecule is C=C(C(=O)O)C(C)OCCC1OCC(C)(C)CO1. The fourth-order valence-corrected chi connectivity index (χ4v) is 1.51. The molecule has 0 aromatic heterocycles. The van der Waals surface area contributed by atoms with Crippen molar-refractivity contribution in [3.63, 3.8) is 0 Å². The molecule has 1 atom stereocenters. The number of hydrogen-bond acceptors (Lipinski definition) is 4. The van der Waals surface area contributed by atoms with Crippen molar-refractivity contribution in [1.29, 1.82) is 0 Å². The standard InChI is InChI=1S/C13H22O5/c1-9(12(14)15)10(2)16-6-5-11-17-7-13(3,4)8-18-11/h10-11H,1,5-8H2,2-4H3,(H,14,15). The lowest BCUT2D eigenvalue weighted by Gasteiger charge is -2.34. The van der Waals surface area contributed by atoms with Gasteiger partial charge in [0.25, 0.3) is 0 Å². The first-order valence-electron chi connectivity index (χ1n) is 6.09. The maximum absolute atomic E-state index is 10.6. The van der Waals surface area contributed by atoms with Crippen molar-refractivity contribution >= 4 is 5.97 Å². The van der Waals surface area contributed by atoms with Crippen LogP contribution in [0.15, 0.2) is 12.2 Å². The summed E-state index contributed by atoms with van der Waals surface area (Å²) in [6.45, 7) is 11.0. The monoisotopic (exact) mass is 258 g/mol. The molecule has 1 unspecified atom stereocenters. The fraction of sp³-hybridized carbons (Fsp3) is 0.769. The van der Waals surface area contributed by atoms with E-state index in [1.165, 1.54) is 0 Å². The number of carbonyl (C=O) groups is 1. The molecule has 0 bridgehead atoms. The summed E-state index contributed by atoms with van der Waals surface area (Å²) in [4.78, 5) is 10.6. The molecule has 1 aliphatic heterocycles. The second-order valence-corrected chi connectivity index (χ2v) is 5.35. The summed E-state index contributed by atoms with van der Waals surface area (Å²) in [5, 5.41) is 8.73. The highest BCUT2D eigenvalue weighted by molar-refractivity contribution is 5.86. The summed E-state index contributed by atoms with van der Waals surface area (Å²) in [5.41, 5.74) is 0.115. The quantitative estimate of drug-likeness (QED) is 0.736. The van der Waals surface area contributed by atoms with Crippen LogP contribution in [0.3, 0.4) is 0 Å². The van der Waals surface area contributed by atoms with Crippen LogP contribution in [0.4, 0.5) is 0 Å². The number of aliphatic carboxylic acids is 1. The van der Waals surface area contributed by atoms with E-state index in [4.69, 9.17) is 19.3 Å². The van der Waals surface area contributed by atoms with Gasteiger partial charge >= 0.3 is 5.97 Å². The van der Waals surface area contributed by atoms with E-state index in [0.29, 0.717) is 26.2 Å². The lowest BCUT2D eigenvalue weighted by molar-refractivity contribution is -0.227. The van der Waals surface area contributed by atoms with Crippen LogP contribution in [0.2, 0.25) is 0 Å². The van der Waals surface area contributed by atoms with E-state index in [9.17, 15) is 4.79 Å². The van der Waals surface area contributed by atoms with Crippen molar-refractivity contribution in [2.45, 2.75) is 39.6 Å². The van der Waals surface area contributed by atoms with E-state index in [-0.39, 0.29) is 17.3 Å².